The van der Waals surface area contributed by atoms with Gasteiger partial charge in [0.05, 0.1) is 15.8 Å². The number of nitrogens with zero attached hydrogens (tertiary/aromatic N) is 3. The molecule has 1 amide bonds. The summed E-state index contributed by atoms with van der Waals surface area (Å²) in [6, 6.07) is 9.05. The Morgan fingerprint density at radius 2 is 1.76 bits per heavy atom. The fraction of sp³-hybridized carbons (Fsp3) is 0.143. The molecular weight excluding hydrogens is 477 g/mol. The molecule has 0 unspecified atom stereocenters. The number of hydrogen-bond donors (Lipinski definition) is 2. The molecule has 176 valence electrons. The Labute approximate surface area is 192 Å². The molecule has 0 radical (unpaired) electrons. The van der Waals surface area contributed by atoms with Gasteiger partial charge in [0, 0.05) is 19.8 Å². The van der Waals surface area contributed by atoms with Gasteiger partial charge in [0.1, 0.15) is 5.75 Å². The predicted molar refractivity (Wildman–Crippen MR) is 118 cm³/mol. The fourth-order valence-corrected chi connectivity index (χ4v) is 3.93. The molecule has 2 heterocycles. The monoisotopic (exact) mass is 492 g/mol. The van der Waals surface area contributed by atoms with Crippen LogP contribution in [0.1, 0.15) is 15.9 Å². The first-order chi connectivity index (χ1) is 16.0. The van der Waals surface area contributed by atoms with Crippen molar-refractivity contribution < 1.29 is 27.8 Å². The van der Waals surface area contributed by atoms with E-state index in [1.54, 1.807) is 0 Å². The lowest BCUT2D eigenvalue weighted by atomic mass is 10.2. The molecule has 4 rings (SSSR count). The molecular formula is C21H15F3N4O5S. The van der Waals surface area contributed by atoms with Crippen LogP contribution in [0.25, 0.3) is 10.2 Å². The zero-order chi connectivity index (χ0) is 24.8. The van der Waals surface area contributed by atoms with Gasteiger partial charge >= 0.3 is 11.9 Å². The molecule has 4 aromatic rings. The molecule has 2 aromatic carbocycles. The zero-order valence-corrected chi connectivity index (χ0v) is 18.3. The highest BCUT2D eigenvalue weighted by atomic mass is 32.1. The van der Waals surface area contributed by atoms with Gasteiger partial charge in [-0.25, -0.2) is 9.78 Å². The van der Waals surface area contributed by atoms with E-state index in [1.807, 2.05) is 0 Å². The van der Waals surface area contributed by atoms with Crippen LogP contribution < -0.4 is 21.3 Å². The maximum atomic E-state index is 12.9. The Morgan fingerprint density at radius 3 is 2.41 bits per heavy atom. The highest BCUT2D eigenvalue weighted by Crippen LogP contribution is 2.36. The zero-order valence-electron chi connectivity index (χ0n) is 17.5. The van der Waals surface area contributed by atoms with E-state index in [2.05, 4.69) is 10.3 Å². The van der Waals surface area contributed by atoms with Crippen molar-refractivity contribution in [2.24, 2.45) is 14.1 Å². The second-order valence-corrected chi connectivity index (χ2v) is 8.14. The van der Waals surface area contributed by atoms with Gasteiger partial charge in [0.2, 0.25) is 5.88 Å². The van der Waals surface area contributed by atoms with E-state index in [1.165, 1.54) is 44.4 Å². The number of benzene rings is 2. The number of ether oxygens (including phenoxy) is 1. The summed E-state index contributed by atoms with van der Waals surface area (Å²) in [5.41, 5.74) is -2.51. The number of aromatic nitrogens is 3. The van der Waals surface area contributed by atoms with Crippen molar-refractivity contribution in [3.05, 3.63) is 74.4 Å². The number of carbonyl (C=O) groups is 1. The Morgan fingerprint density at radius 1 is 1.09 bits per heavy atom. The maximum Gasteiger partial charge on any atom is 0.416 e. The lowest BCUT2D eigenvalue weighted by Gasteiger charge is -2.11. The van der Waals surface area contributed by atoms with Crippen molar-refractivity contribution in [2.75, 3.05) is 5.32 Å². The number of hydrogen-bond acceptors (Lipinski definition) is 7. The Hall–Kier alpha value is -4.13. The normalized spacial score (nSPS) is 11.6. The lowest BCUT2D eigenvalue weighted by molar-refractivity contribution is -0.137. The van der Waals surface area contributed by atoms with E-state index in [0.717, 1.165) is 28.0 Å². The molecule has 0 saturated carbocycles. The number of anilines is 1. The fourth-order valence-electron chi connectivity index (χ4n) is 3.06. The van der Waals surface area contributed by atoms with Crippen LogP contribution in [-0.4, -0.2) is 25.1 Å². The van der Waals surface area contributed by atoms with Gasteiger partial charge in [-0.05, 0) is 42.5 Å². The third-order valence-corrected chi connectivity index (χ3v) is 5.77. The topological polar surface area (TPSA) is 115 Å². The summed E-state index contributed by atoms with van der Waals surface area (Å²) in [5, 5.41) is 12.6. The Balaban J connectivity index is 1.52. The molecule has 0 aliphatic heterocycles. The van der Waals surface area contributed by atoms with Gasteiger partial charge in [0.25, 0.3) is 16.7 Å². The third-order valence-electron chi connectivity index (χ3n) is 4.87. The van der Waals surface area contributed by atoms with E-state index in [4.69, 9.17) is 4.74 Å². The number of fused-ring (bicyclic) bond motifs is 1. The van der Waals surface area contributed by atoms with E-state index >= 15 is 0 Å². The predicted octanol–water partition coefficient (Wildman–Crippen LogP) is 3.46. The molecule has 2 N–H and O–H groups in total. The van der Waals surface area contributed by atoms with Crippen molar-refractivity contribution in [1.29, 1.82) is 0 Å². The molecule has 0 saturated heterocycles. The Kier molecular flexibility index (Phi) is 5.65. The van der Waals surface area contributed by atoms with Crippen LogP contribution in [0.2, 0.25) is 0 Å². The van der Waals surface area contributed by atoms with Gasteiger partial charge in [0.15, 0.2) is 5.56 Å². The van der Waals surface area contributed by atoms with Gasteiger partial charge in [-0.1, -0.05) is 11.3 Å². The molecule has 0 atom stereocenters. The summed E-state index contributed by atoms with van der Waals surface area (Å²) in [6.45, 7) is 0. The maximum absolute atomic E-state index is 12.9. The minimum absolute atomic E-state index is 0.129. The highest BCUT2D eigenvalue weighted by molar-refractivity contribution is 7.20. The molecule has 0 aliphatic rings. The second kappa shape index (κ2) is 8.33. The van der Waals surface area contributed by atoms with Crippen molar-refractivity contribution in [1.82, 2.24) is 14.1 Å². The van der Waals surface area contributed by atoms with Crippen LogP contribution in [0, 0.1) is 0 Å². The molecule has 34 heavy (non-hydrogen) atoms. The van der Waals surface area contributed by atoms with Crippen LogP contribution in [0.3, 0.4) is 0 Å². The summed E-state index contributed by atoms with van der Waals surface area (Å²) in [7, 11) is 2.39. The van der Waals surface area contributed by atoms with Crippen LogP contribution in [0.5, 0.6) is 16.8 Å². The van der Waals surface area contributed by atoms with Crippen LogP contribution in [0.4, 0.5) is 18.9 Å². The second-order valence-electron chi connectivity index (χ2n) is 7.14. The quantitative estimate of drug-likeness (QED) is 0.451. The van der Waals surface area contributed by atoms with E-state index < -0.39 is 40.3 Å². The van der Waals surface area contributed by atoms with E-state index in [-0.39, 0.29) is 10.9 Å². The molecule has 9 nitrogen and oxygen atoms in total. The molecule has 0 bridgehead atoms. The van der Waals surface area contributed by atoms with Gasteiger partial charge in [-0.15, -0.1) is 0 Å². The SMILES string of the molecule is Cn1c(O)c(C(=O)Nc2ccc(Oc3nc4ccc(C(F)(F)F)cc4s3)cc2)c(=O)n(C)c1=O. The van der Waals surface area contributed by atoms with Gasteiger partial charge in [-0.2, -0.15) is 13.2 Å². The summed E-state index contributed by atoms with van der Waals surface area (Å²) < 4.78 is 46.0. The van der Waals surface area contributed by atoms with E-state index in [9.17, 15) is 32.7 Å². The lowest BCUT2D eigenvalue weighted by Crippen LogP contribution is -2.40. The van der Waals surface area contributed by atoms with Crippen molar-refractivity contribution in [3.63, 3.8) is 0 Å². The molecule has 13 heteroatoms. The average molecular weight is 492 g/mol. The summed E-state index contributed by atoms with van der Waals surface area (Å²) in [6.07, 6.45) is -4.46. The van der Waals surface area contributed by atoms with Crippen LogP contribution in [-0.2, 0) is 20.3 Å². The smallest absolute Gasteiger partial charge is 0.416 e. The van der Waals surface area contributed by atoms with Gasteiger partial charge in [-0.3, -0.25) is 18.7 Å². The summed E-state index contributed by atoms with van der Waals surface area (Å²) in [4.78, 5) is 40.7. The minimum atomic E-state index is -4.46. The largest absolute Gasteiger partial charge is 0.494 e. The molecule has 0 fully saturated rings. The number of amides is 1. The average Bonchev–Trinajstić information content (AvgIpc) is 3.18. The minimum Gasteiger partial charge on any atom is -0.494 e. The van der Waals surface area contributed by atoms with Crippen LogP contribution >= 0.6 is 11.3 Å². The number of carbonyl (C=O) groups excluding carboxylic acids is 1. The van der Waals surface area contributed by atoms with Crippen molar-refractivity contribution in [3.8, 4) is 16.8 Å². The number of aromatic hydroxyl groups is 1. The number of halogens is 3. The van der Waals surface area contributed by atoms with Crippen molar-refractivity contribution >= 4 is 33.1 Å². The molecule has 2 aromatic heterocycles. The first-order valence-electron chi connectivity index (χ1n) is 9.51. The van der Waals surface area contributed by atoms with Gasteiger partial charge < -0.3 is 15.2 Å². The Bertz CT molecular complexity index is 1540. The van der Waals surface area contributed by atoms with E-state index in [0.29, 0.717) is 20.5 Å². The van der Waals surface area contributed by atoms with Crippen LogP contribution in [0.15, 0.2) is 52.1 Å². The number of alkyl halides is 3. The number of rotatable bonds is 4. The first kappa shape index (κ1) is 23.0. The number of thiazole rings is 1. The first-order valence-corrected chi connectivity index (χ1v) is 10.3. The summed E-state index contributed by atoms with van der Waals surface area (Å²) in [5.74, 6) is -1.39. The molecule has 0 aliphatic carbocycles. The highest BCUT2D eigenvalue weighted by Gasteiger charge is 2.30. The molecule has 0 spiro atoms. The standard InChI is InChI=1S/C21H15F3N4O5S/c1-27-17(30)15(18(31)28(2)20(27)32)16(29)25-11-4-6-12(7-5-11)33-19-26-13-8-3-10(21(22,23)24)9-14(13)34-19/h3-9,30H,1-2H3,(H,25,29). The summed E-state index contributed by atoms with van der Waals surface area (Å²) >= 11 is 0.946. The third kappa shape index (κ3) is 4.24. The van der Waals surface area contributed by atoms with Crippen molar-refractivity contribution in [2.45, 2.75) is 6.18 Å². The number of nitrogens with one attached hydrogen (secondary N) is 1.